The topological polar surface area (TPSA) is 65.2 Å². The minimum absolute atomic E-state index is 0.103. The van der Waals surface area contributed by atoms with Crippen molar-refractivity contribution in [2.45, 2.75) is 52.9 Å². The number of aromatic nitrogens is 4. The van der Waals surface area contributed by atoms with Gasteiger partial charge in [0.25, 0.3) is 5.56 Å². The summed E-state index contributed by atoms with van der Waals surface area (Å²) in [6, 6.07) is 0. The van der Waals surface area contributed by atoms with Crippen LogP contribution in [-0.4, -0.2) is 43.7 Å². The van der Waals surface area contributed by atoms with Crippen molar-refractivity contribution in [3.05, 3.63) is 45.7 Å². The summed E-state index contributed by atoms with van der Waals surface area (Å²) in [5.41, 5.74) is 2.83. The molecule has 0 amide bonds. The Labute approximate surface area is 153 Å². The highest BCUT2D eigenvalue weighted by Crippen LogP contribution is 2.21. The van der Waals surface area contributed by atoms with Gasteiger partial charge in [0.2, 0.25) is 0 Å². The summed E-state index contributed by atoms with van der Waals surface area (Å²) >= 11 is 0. The molecular weight excluding hydrogens is 330 g/mol. The standard InChI is InChI=1S/C19H27N5O2/c1-14-15(2)20-13-24(19(14)25)9-16-3-5-22(6-4-16)10-17-11-23-7-8-26-12-18(23)21-17/h11,13,16H,3-10,12H2,1-2H3. The van der Waals surface area contributed by atoms with E-state index >= 15 is 0 Å². The Bertz CT molecular complexity index is 809. The van der Waals surface area contributed by atoms with Gasteiger partial charge in [-0.05, 0) is 45.7 Å². The number of rotatable bonds is 4. The van der Waals surface area contributed by atoms with Crippen LogP contribution in [0.4, 0.5) is 0 Å². The fourth-order valence-corrected chi connectivity index (χ4v) is 3.86. The molecular formula is C19H27N5O2. The predicted molar refractivity (Wildman–Crippen MR) is 97.9 cm³/mol. The molecule has 4 rings (SSSR count). The van der Waals surface area contributed by atoms with Crippen LogP contribution in [0, 0.1) is 19.8 Å². The van der Waals surface area contributed by atoms with Gasteiger partial charge >= 0.3 is 0 Å². The van der Waals surface area contributed by atoms with Crippen LogP contribution in [0.3, 0.4) is 0 Å². The number of imidazole rings is 1. The minimum Gasteiger partial charge on any atom is -0.372 e. The predicted octanol–water partition coefficient (Wildman–Crippen LogP) is 1.50. The zero-order valence-corrected chi connectivity index (χ0v) is 15.6. The minimum atomic E-state index is 0.103. The first-order chi connectivity index (χ1) is 12.6. The van der Waals surface area contributed by atoms with E-state index in [-0.39, 0.29) is 5.56 Å². The first kappa shape index (κ1) is 17.4. The van der Waals surface area contributed by atoms with Crippen LogP contribution in [0.5, 0.6) is 0 Å². The quantitative estimate of drug-likeness (QED) is 0.830. The van der Waals surface area contributed by atoms with Crippen molar-refractivity contribution in [2.75, 3.05) is 19.7 Å². The first-order valence-electron chi connectivity index (χ1n) is 9.48. The third-order valence-electron chi connectivity index (χ3n) is 5.68. The molecule has 0 bridgehead atoms. The SMILES string of the molecule is Cc1ncn(CC2CCN(Cc3cn4c(n3)COCC4)CC2)c(=O)c1C. The number of fused-ring (bicyclic) bond motifs is 1. The van der Waals surface area contributed by atoms with Gasteiger partial charge in [0.1, 0.15) is 12.4 Å². The third kappa shape index (κ3) is 3.59. The second-order valence-corrected chi connectivity index (χ2v) is 7.53. The van der Waals surface area contributed by atoms with Crippen LogP contribution in [0.1, 0.15) is 35.6 Å². The lowest BCUT2D eigenvalue weighted by Crippen LogP contribution is -2.36. The van der Waals surface area contributed by atoms with Crippen LogP contribution in [0.2, 0.25) is 0 Å². The summed E-state index contributed by atoms with van der Waals surface area (Å²) in [4.78, 5) is 23.9. The largest absolute Gasteiger partial charge is 0.372 e. The lowest BCUT2D eigenvalue weighted by molar-refractivity contribution is 0.0816. The molecule has 0 unspecified atom stereocenters. The number of hydrogen-bond acceptors (Lipinski definition) is 5. The summed E-state index contributed by atoms with van der Waals surface area (Å²) in [7, 11) is 0. The molecule has 26 heavy (non-hydrogen) atoms. The van der Waals surface area contributed by atoms with E-state index in [1.165, 1.54) is 0 Å². The van der Waals surface area contributed by atoms with E-state index in [0.29, 0.717) is 12.5 Å². The van der Waals surface area contributed by atoms with Crippen molar-refractivity contribution in [2.24, 2.45) is 5.92 Å². The van der Waals surface area contributed by atoms with Crippen LogP contribution in [0.15, 0.2) is 17.3 Å². The Balaban J connectivity index is 1.32. The van der Waals surface area contributed by atoms with Crippen LogP contribution >= 0.6 is 0 Å². The van der Waals surface area contributed by atoms with E-state index < -0.39 is 0 Å². The number of nitrogens with zero attached hydrogens (tertiary/aromatic N) is 5. The molecule has 2 aliphatic heterocycles. The summed E-state index contributed by atoms with van der Waals surface area (Å²) in [5, 5.41) is 0. The van der Waals surface area contributed by atoms with E-state index in [4.69, 9.17) is 9.72 Å². The zero-order chi connectivity index (χ0) is 18.1. The maximum absolute atomic E-state index is 12.4. The molecule has 0 N–H and O–H groups in total. The van der Waals surface area contributed by atoms with Gasteiger partial charge in [0.15, 0.2) is 0 Å². The molecule has 7 heteroatoms. The number of likely N-dealkylation sites (tertiary alicyclic amines) is 1. The van der Waals surface area contributed by atoms with Crippen LogP contribution in [0.25, 0.3) is 0 Å². The van der Waals surface area contributed by atoms with Gasteiger partial charge in [-0.1, -0.05) is 0 Å². The highest BCUT2D eigenvalue weighted by molar-refractivity contribution is 5.12. The molecule has 7 nitrogen and oxygen atoms in total. The molecule has 2 aromatic rings. The smallest absolute Gasteiger partial charge is 0.256 e. The van der Waals surface area contributed by atoms with Gasteiger partial charge in [0, 0.05) is 37.1 Å². The second-order valence-electron chi connectivity index (χ2n) is 7.53. The Morgan fingerprint density at radius 1 is 1.23 bits per heavy atom. The molecule has 0 saturated carbocycles. The Hall–Kier alpha value is -1.99. The summed E-state index contributed by atoms with van der Waals surface area (Å²) in [6.07, 6.45) is 6.09. The van der Waals surface area contributed by atoms with Gasteiger partial charge in [0.05, 0.1) is 18.6 Å². The molecule has 0 spiro atoms. The average molecular weight is 357 g/mol. The summed E-state index contributed by atoms with van der Waals surface area (Å²) in [5.74, 6) is 1.58. The van der Waals surface area contributed by atoms with Gasteiger partial charge in [-0.15, -0.1) is 0 Å². The number of aryl methyl sites for hydroxylation is 1. The van der Waals surface area contributed by atoms with Gasteiger partial charge in [-0.3, -0.25) is 14.3 Å². The van der Waals surface area contributed by atoms with Crippen molar-refractivity contribution in [1.29, 1.82) is 0 Å². The molecule has 4 heterocycles. The Morgan fingerprint density at radius 3 is 2.81 bits per heavy atom. The lowest BCUT2D eigenvalue weighted by Gasteiger charge is -2.31. The van der Waals surface area contributed by atoms with Gasteiger partial charge < -0.3 is 9.30 Å². The summed E-state index contributed by atoms with van der Waals surface area (Å²) < 4.78 is 9.46. The van der Waals surface area contributed by atoms with Crippen molar-refractivity contribution in [3.8, 4) is 0 Å². The molecule has 2 aliphatic rings. The summed E-state index contributed by atoms with van der Waals surface area (Å²) in [6.45, 7) is 9.84. The normalized spacial score (nSPS) is 18.8. The molecule has 0 aliphatic carbocycles. The van der Waals surface area contributed by atoms with Crippen molar-refractivity contribution < 1.29 is 4.74 Å². The van der Waals surface area contributed by atoms with Gasteiger partial charge in [-0.25, -0.2) is 9.97 Å². The van der Waals surface area contributed by atoms with Gasteiger partial charge in [-0.2, -0.15) is 0 Å². The fraction of sp³-hybridized carbons (Fsp3) is 0.632. The van der Waals surface area contributed by atoms with Crippen molar-refractivity contribution in [1.82, 2.24) is 24.0 Å². The molecule has 2 aromatic heterocycles. The molecule has 0 aromatic carbocycles. The maximum Gasteiger partial charge on any atom is 0.256 e. The first-order valence-corrected chi connectivity index (χ1v) is 9.48. The molecule has 0 atom stereocenters. The number of hydrogen-bond donors (Lipinski definition) is 0. The van der Waals surface area contributed by atoms with Crippen molar-refractivity contribution in [3.63, 3.8) is 0 Å². The molecule has 1 saturated heterocycles. The van der Waals surface area contributed by atoms with E-state index in [9.17, 15) is 4.79 Å². The van der Waals surface area contributed by atoms with E-state index in [2.05, 4.69) is 20.6 Å². The van der Waals surface area contributed by atoms with Crippen molar-refractivity contribution >= 4 is 0 Å². The number of piperidine rings is 1. The monoisotopic (exact) mass is 357 g/mol. The van der Waals surface area contributed by atoms with Crippen LogP contribution in [-0.2, 0) is 31.0 Å². The molecule has 1 fully saturated rings. The van der Waals surface area contributed by atoms with E-state index in [0.717, 1.165) is 74.9 Å². The van der Waals surface area contributed by atoms with Crippen LogP contribution < -0.4 is 5.56 Å². The number of ether oxygens (including phenoxy) is 1. The Morgan fingerprint density at radius 2 is 2.04 bits per heavy atom. The molecule has 140 valence electrons. The zero-order valence-electron chi connectivity index (χ0n) is 15.6. The van der Waals surface area contributed by atoms with E-state index in [1.807, 2.05) is 13.8 Å². The third-order valence-corrected chi connectivity index (χ3v) is 5.68. The highest BCUT2D eigenvalue weighted by atomic mass is 16.5. The lowest BCUT2D eigenvalue weighted by atomic mass is 9.96. The van der Waals surface area contributed by atoms with E-state index in [1.54, 1.807) is 10.9 Å². The maximum atomic E-state index is 12.4. The molecule has 0 radical (unpaired) electrons. The fourth-order valence-electron chi connectivity index (χ4n) is 3.86. The highest BCUT2D eigenvalue weighted by Gasteiger charge is 2.22. The Kier molecular flexibility index (Phi) is 4.91. The second kappa shape index (κ2) is 7.32. The average Bonchev–Trinajstić information content (AvgIpc) is 3.06.